The predicted molar refractivity (Wildman–Crippen MR) is 79.0 cm³/mol. The monoisotopic (exact) mass is 271 g/mol. The highest BCUT2D eigenvalue weighted by Gasteiger charge is 2.51. The molecule has 3 nitrogen and oxygen atoms in total. The number of hydrogen-bond donors (Lipinski definition) is 1. The van der Waals surface area contributed by atoms with Crippen molar-refractivity contribution >= 4 is 10.9 Å². The van der Waals surface area contributed by atoms with Crippen molar-refractivity contribution in [2.75, 3.05) is 13.2 Å². The van der Waals surface area contributed by atoms with Crippen LogP contribution in [0.25, 0.3) is 10.9 Å². The predicted octanol–water partition coefficient (Wildman–Crippen LogP) is 3.31. The quantitative estimate of drug-likeness (QED) is 0.870. The lowest BCUT2D eigenvalue weighted by molar-refractivity contribution is -0.0835. The van der Waals surface area contributed by atoms with Gasteiger partial charge in [0.05, 0.1) is 18.9 Å². The Morgan fingerprint density at radius 2 is 2.20 bits per heavy atom. The van der Waals surface area contributed by atoms with Crippen LogP contribution in [0, 0.1) is 0 Å². The van der Waals surface area contributed by atoms with Crippen LogP contribution in [0.5, 0.6) is 0 Å². The van der Waals surface area contributed by atoms with Gasteiger partial charge < -0.3 is 14.5 Å². The molecule has 2 aliphatic rings. The minimum atomic E-state index is -0.252. The number of para-hydroxylation sites is 1. The summed E-state index contributed by atoms with van der Waals surface area (Å²) in [6.45, 7) is 6.03. The van der Waals surface area contributed by atoms with Crippen molar-refractivity contribution in [2.45, 2.75) is 44.8 Å². The summed E-state index contributed by atoms with van der Waals surface area (Å²) in [5.74, 6) is 0. The number of fused-ring (bicyclic) bond motifs is 3. The number of benzene rings is 1. The van der Waals surface area contributed by atoms with E-state index in [-0.39, 0.29) is 11.7 Å². The molecule has 1 saturated heterocycles. The Balaban J connectivity index is 1.98. The molecule has 3 heteroatoms. The van der Waals surface area contributed by atoms with Crippen molar-refractivity contribution in [3.05, 3.63) is 35.0 Å². The number of epoxide rings is 1. The van der Waals surface area contributed by atoms with Crippen LogP contribution in [0.4, 0.5) is 0 Å². The van der Waals surface area contributed by atoms with E-state index in [4.69, 9.17) is 9.47 Å². The first-order valence-corrected chi connectivity index (χ1v) is 7.68. The SMILES string of the molecule is CCc1cccc2c3c([nH]c12)[C@](CC)([C@@H]1CO1)OCC3. The maximum Gasteiger partial charge on any atom is 0.136 e. The summed E-state index contributed by atoms with van der Waals surface area (Å²) >= 11 is 0. The number of aryl methyl sites for hydroxylation is 1. The summed E-state index contributed by atoms with van der Waals surface area (Å²) in [4.78, 5) is 3.69. The second kappa shape index (κ2) is 4.34. The standard InChI is InChI=1S/C17H21NO2/c1-3-11-6-5-7-12-13-8-9-20-17(4-2,14-10-19-14)16(13)18-15(11)12/h5-7,14,18H,3-4,8-10H2,1-2H3/t14-,17-/m0/s1. The maximum atomic E-state index is 6.21. The fourth-order valence-electron chi connectivity index (χ4n) is 3.74. The topological polar surface area (TPSA) is 37.5 Å². The normalized spacial score (nSPS) is 28.6. The zero-order chi connectivity index (χ0) is 13.7. The second-order valence-electron chi connectivity index (χ2n) is 5.84. The summed E-state index contributed by atoms with van der Waals surface area (Å²) in [5.41, 5.74) is 5.14. The Hall–Kier alpha value is -1.32. The van der Waals surface area contributed by atoms with Crippen LogP contribution >= 0.6 is 0 Å². The van der Waals surface area contributed by atoms with Gasteiger partial charge in [0.15, 0.2) is 0 Å². The van der Waals surface area contributed by atoms with E-state index in [0.717, 1.165) is 32.5 Å². The molecule has 1 aromatic heterocycles. The van der Waals surface area contributed by atoms with Gasteiger partial charge in [-0.05, 0) is 30.4 Å². The first-order valence-electron chi connectivity index (χ1n) is 7.68. The average molecular weight is 271 g/mol. The van der Waals surface area contributed by atoms with Gasteiger partial charge in [-0.1, -0.05) is 32.0 Å². The van der Waals surface area contributed by atoms with Gasteiger partial charge in [-0.2, -0.15) is 0 Å². The Kier molecular flexibility index (Phi) is 2.69. The lowest BCUT2D eigenvalue weighted by atomic mass is 9.86. The number of aromatic nitrogens is 1. The first-order chi connectivity index (χ1) is 9.80. The number of hydrogen-bond acceptors (Lipinski definition) is 2. The van der Waals surface area contributed by atoms with Crippen molar-refractivity contribution in [3.63, 3.8) is 0 Å². The van der Waals surface area contributed by atoms with Crippen LogP contribution in [0.2, 0.25) is 0 Å². The van der Waals surface area contributed by atoms with Gasteiger partial charge in [-0.3, -0.25) is 0 Å². The van der Waals surface area contributed by atoms with Gasteiger partial charge in [0.25, 0.3) is 0 Å². The molecule has 2 aromatic rings. The van der Waals surface area contributed by atoms with Crippen molar-refractivity contribution < 1.29 is 9.47 Å². The molecule has 2 aliphatic heterocycles. The summed E-state index contributed by atoms with van der Waals surface area (Å²) in [7, 11) is 0. The van der Waals surface area contributed by atoms with Crippen LogP contribution in [0.15, 0.2) is 18.2 Å². The van der Waals surface area contributed by atoms with E-state index in [0.29, 0.717) is 0 Å². The Labute approximate surface area is 119 Å². The molecule has 106 valence electrons. The molecular formula is C17H21NO2. The van der Waals surface area contributed by atoms with Crippen molar-refractivity contribution in [2.24, 2.45) is 0 Å². The van der Waals surface area contributed by atoms with Crippen molar-refractivity contribution in [1.29, 1.82) is 0 Å². The van der Waals surface area contributed by atoms with E-state index in [9.17, 15) is 0 Å². The molecule has 0 aliphatic carbocycles. The van der Waals surface area contributed by atoms with Crippen LogP contribution in [0.1, 0.15) is 37.1 Å². The fourth-order valence-corrected chi connectivity index (χ4v) is 3.74. The van der Waals surface area contributed by atoms with Crippen LogP contribution < -0.4 is 0 Å². The molecule has 0 radical (unpaired) electrons. The minimum absolute atomic E-state index is 0.227. The molecular weight excluding hydrogens is 250 g/mol. The number of nitrogens with one attached hydrogen (secondary N) is 1. The maximum absolute atomic E-state index is 6.21. The molecule has 1 N–H and O–H groups in total. The van der Waals surface area contributed by atoms with Crippen LogP contribution in [-0.2, 0) is 27.9 Å². The third-order valence-electron chi connectivity index (χ3n) is 4.92. The zero-order valence-corrected chi connectivity index (χ0v) is 12.2. The van der Waals surface area contributed by atoms with Crippen LogP contribution in [-0.4, -0.2) is 24.3 Å². The molecule has 0 spiro atoms. The third-order valence-corrected chi connectivity index (χ3v) is 4.92. The molecule has 4 rings (SSSR count). The molecule has 1 fully saturated rings. The lowest BCUT2D eigenvalue weighted by Gasteiger charge is -2.35. The van der Waals surface area contributed by atoms with E-state index >= 15 is 0 Å². The van der Waals surface area contributed by atoms with Gasteiger partial charge >= 0.3 is 0 Å². The smallest absolute Gasteiger partial charge is 0.136 e. The second-order valence-corrected chi connectivity index (χ2v) is 5.84. The zero-order valence-electron chi connectivity index (χ0n) is 12.2. The molecule has 0 bridgehead atoms. The highest BCUT2D eigenvalue weighted by atomic mass is 16.6. The van der Waals surface area contributed by atoms with Crippen molar-refractivity contribution in [3.8, 4) is 0 Å². The van der Waals surface area contributed by atoms with Gasteiger partial charge in [-0.15, -0.1) is 0 Å². The van der Waals surface area contributed by atoms with Gasteiger partial charge in [0.1, 0.15) is 11.7 Å². The van der Waals surface area contributed by atoms with E-state index in [1.165, 1.54) is 27.7 Å². The van der Waals surface area contributed by atoms with Gasteiger partial charge in [0.2, 0.25) is 0 Å². The number of aromatic amines is 1. The Morgan fingerprint density at radius 3 is 2.90 bits per heavy atom. The number of H-pyrrole nitrogens is 1. The van der Waals surface area contributed by atoms with Crippen LogP contribution in [0.3, 0.4) is 0 Å². The highest BCUT2D eigenvalue weighted by molar-refractivity contribution is 5.88. The minimum Gasteiger partial charge on any atom is -0.370 e. The molecule has 0 saturated carbocycles. The molecule has 20 heavy (non-hydrogen) atoms. The number of ether oxygens (including phenoxy) is 2. The molecule has 1 aromatic carbocycles. The number of rotatable bonds is 3. The van der Waals surface area contributed by atoms with Gasteiger partial charge in [0, 0.05) is 10.9 Å². The van der Waals surface area contributed by atoms with Gasteiger partial charge in [-0.25, -0.2) is 0 Å². The summed E-state index contributed by atoms with van der Waals surface area (Å²) in [5, 5.41) is 1.38. The molecule has 0 amide bonds. The fraction of sp³-hybridized carbons (Fsp3) is 0.529. The van der Waals surface area contributed by atoms with E-state index in [1.54, 1.807) is 0 Å². The highest BCUT2D eigenvalue weighted by Crippen LogP contribution is 2.46. The van der Waals surface area contributed by atoms with E-state index in [1.807, 2.05) is 0 Å². The third kappa shape index (κ3) is 1.54. The first kappa shape index (κ1) is 12.4. The summed E-state index contributed by atoms with van der Waals surface area (Å²) < 4.78 is 11.8. The lowest BCUT2D eigenvalue weighted by Crippen LogP contribution is -2.40. The molecule has 3 heterocycles. The molecule has 2 atom stereocenters. The summed E-state index contributed by atoms with van der Waals surface area (Å²) in [6, 6.07) is 6.63. The average Bonchev–Trinajstić information content (AvgIpc) is 3.27. The molecule has 0 unspecified atom stereocenters. The van der Waals surface area contributed by atoms with Crippen molar-refractivity contribution in [1.82, 2.24) is 4.98 Å². The largest absolute Gasteiger partial charge is 0.370 e. The summed E-state index contributed by atoms with van der Waals surface area (Å²) in [6.07, 6.45) is 3.23. The Bertz CT molecular complexity index is 656. The van der Waals surface area contributed by atoms with E-state index < -0.39 is 0 Å². The Morgan fingerprint density at radius 1 is 1.35 bits per heavy atom. The van der Waals surface area contributed by atoms with E-state index in [2.05, 4.69) is 37.0 Å².